The number of anilines is 3. The van der Waals surface area contributed by atoms with Crippen molar-refractivity contribution < 1.29 is 38.4 Å². The SMILES string of the molecule is COc1cc2c(cc1OCc1cc(COc3cc4c(cc3OC)C(=O)N3c5ccccc5C[C@H]3C=N4)cc(N(C)CCCC(=O)O)c1)N=CC1Cc3ccccc3N1C2=O. The van der Waals surface area contributed by atoms with E-state index in [1.165, 1.54) is 14.2 Å². The number of fused-ring (bicyclic) bond motifs is 8. The molecule has 0 radical (unpaired) electrons. The van der Waals surface area contributed by atoms with Crippen LogP contribution in [0.1, 0.15) is 55.8 Å². The van der Waals surface area contributed by atoms with Crippen molar-refractivity contribution in [1.82, 2.24) is 0 Å². The summed E-state index contributed by atoms with van der Waals surface area (Å²) in [5.74, 6) is 0.495. The molecule has 0 fully saturated rings. The first kappa shape index (κ1) is 38.4. The van der Waals surface area contributed by atoms with Gasteiger partial charge in [-0.3, -0.25) is 34.2 Å². The van der Waals surface area contributed by atoms with E-state index in [1.54, 1.807) is 34.1 Å². The van der Waals surface area contributed by atoms with Crippen molar-refractivity contribution in [3.8, 4) is 23.0 Å². The lowest BCUT2D eigenvalue weighted by Crippen LogP contribution is -2.37. The van der Waals surface area contributed by atoms with Crippen LogP contribution in [0.3, 0.4) is 0 Å². The number of amides is 2. The first-order valence-electron chi connectivity index (χ1n) is 19.9. The molecular weight excluding hydrogens is 763 g/mol. The van der Waals surface area contributed by atoms with Crippen LogP contribution in [-0.2, 0) is 30.8 Å². The van der Waals surface area contributed by atoms with Crippen molar-refractivity contribution in [2.24, 2.45) is 9.98 Å². The van der Waals surface area contributed by atoms with Crippen molar-refractivity contribution in [2.45, 2.75) is 51.0 Å². The predicted molar refractivity (Wildman–Crippen MR) is 229 cm³/mol. The number of para-hydroxylation sites is 2. The van der Waals surface area contributed by atoms with Crippen LogP contribution < -0.4 is 33.6 Å². The van der Waals surface area contributed by atoms with Gasteiger partial charge < -0.3 is 29.0 Å². The number of hydrogen-bond acceptors (Lipinski definition) is 10. The van der Waals surface area contributed by atoms with E-state index in [2.05, 4.69) is 0 Å². The molecular formula is C47H43N5O8. The van der Waals surface area contributed by atoms with Crippen LogP contribution in [0.5, 0.6) is 23.0 Å². The minimum Gasteiger partial charge on any atom is -0.493 e. The number of ether oxygens (including phenoxy) is 4. The maximum atomic E-state index is 13.9. The number of rotatable bonds is 13. The quantitative estimate of drug-likeness (QED) is 0.126. The van der Waals surface area contributed by atoms with Crippen molar-refractivity contribution in [2.75, 3.05) is 42.5 Å². The summed E-state index contributed by atoms with van der Waals surface area (Å²) in [6.07, 6.45) is 5.53. The Morgan fingerprint density at radius 3 is 1.65 bits per heavy atom. The van der Waals surface area contributed by atoms with Gasteiger partial charge in [0.15, 0.2) is 23.0 Å². The van der Waals surface area contributed by atoms with E-state index in [4.69, 9.17) is 28.9 Å². The van der Waals surface area contributed by atoms with Gasteiger partial charge in [0.25, 0.3) is 11.8 Å². The first-order valence-corrected chi connectivity index (χ1v) is 19.9. The Morgan fingerprint density at radius 1 is 0.700 bits per heavy atom. The fraction of sp³-hybridized carbons (Fsp3) is 0.255. The van der Waals surface area contributed by atoms with Crippen LogP contribution in [-0.4, -0.2) is 75.2 Å². The second kappa shape index (κ2) is 15.9. The summed E-state index contributed by atoms with van der Waals surface area (Å²) in [7, 11) is 4.99. The standard InChI is InChI=1S/C47H43N5O8/c1-50(14-8-13-45(53)54)32-16-28(26-59-43-22-37-35(20-41(43)57-2)46(55)51-33(24-48-37)18-30-9-4-6-11-39(30)51)15-29(17-32)27-60-44-23-38-36(21-42(44)58-3)47(56)52-34(25-49-38)19-31-10-5-7-12-40(31)52/h4-7,9-12,15-17,20-25,33-34H,8,13-14,18-19,26-27H2,1-3H3,(H,53,54)/t33-,34?/m0/s1. The maximum absolute atomic E-state index is 13.9. The van der Waals surface area contributed by atoms with Gasteiger partial charge in [0.1, 0.15) is 13.2 Å². The zero-order valence-electron chi connectivity index (χ0n) is 33.5. The Bertz CT molecular complexity index is 2440. The second-order valence-corrected chi connectivity index (χ2v) is 15.3. The van der Waals surface area contributed by atoms with Gasteiger partial charge >= 0.3 is 5.97 Å². The number of carbonyl (C=O) groups excluding carboxylic acids is 2. The molecule has 4 aliphatic rings. The number of benzene rings is 5. The van der Waals surface area contributed by atoms with Crippen LogP contribution in [0.2, 0.25) is 0 Å². The molecule has 1 N–H and O–H groups in total. The number of carboxylic acids is 1. The van der Waals surface area contributed by atoms with E-state index in [0.717, 1.165) is 39.3 Å². The average Bonchev–Trinajstić information content (AvgIpc) is 3.75. The lowest BCUT2D eigenvalue weighted by atomic mass is 10.1. The van der Waals surface area contributed by atoms with Gasteiger partial charge in [-0.1, -0.05) is 36.4 Å². The second-order valence-electron chi connectivity index (χ2n) is 15.3. The molecule has 0 saturated heterocycles. The fourth-order valence-corrected chi connectivity index (χ4v) is 8.43. The fourth-order valence-electron chi connectivity index (χ4n) is 8.43. The lowest BCUT2D eigenvalue weighted by molar-refractivity contribution is -0.137. The third-order valence-electron chi connectivity index (χ3n) is 11.4. The predicted octanol–water partition coefficient (Wildman–Crippen LogP) is 7.74. The highest BCUT2D eigenvalue weighted by Crippen LogP contribution is 2.43. The topological polar surface area (TPSA) is 143 Å². The Labute approximate surface area is 347 Å². The molecule has 1 unspecified atom stereocenters. The van der Waals surface area contributed by atoms with Crippen LogP contribution in [0, 0.1) is 0 Å². The van der Waals surface area contributed by atoms with Crippen molar-refractivity contribution in [3.05, 3.63) is 124 Å². The molecule has 0 saturated carbocycles. The number of hydrogen-bond donors (Lipinski definition) is 1. The van der Waals surface area contributed by atoms with Gasteiger partial charge in [-0.2, -0.15) is 0 Å². The summed E-state index contributed by atoms with van der Waals surface area (Å²) in [6, 6.07) is 28.2. The highest BCUT2D eigenvalue weighted by molar-refractivity contribution is 6.15. The summed E-state index contributed by atoms with van der Waals surface area (Å²) in [4.78, 5) is 54.3. The third-order valence-corrected chi connectivity index (χ3v) is 11.4. The van der Waals surface area contributed by atoms with E-state index in [9.17, 15) is 19.5 Å². The van der Waals surface area contributed by atoms with Gasteiger partial charge in [-0.25, -0.2) is 0 Å². The molecule has 2 amide bonds. The van der Waals surface area contributed by atoms with E-state index in [0.29, 0.717) is 71.3 Å². The molecule has 0 aliphatic carbocycles. The molecule has 4 aliphatic heterocycles. The number of carbonyl (C=O) groups is 3. The zero-order valence-corrected chi connectivity index (χ0v) is 33.5. The molecule has 60 heavy (non-hydrogen) atoms. The molecule has 0 bridgehead atoms. The van der Waals surface area contributed by atoms with E-state index in [-0.39, 0.29) is 43.5 Å². The number of carboxylic acid groups (broad SMARTS) is 1. The van der Waals surface area contributed by atoms with Gasteiger partial charge in [-0.05, 0) is 71.1 Å². The molecule has 5 aromatic carbocycles. The Kier molecular flexibility index (Phi) is 10.2. The number of aliphatic imine (C=N–C) groups is 2. The zero-order chi connectivity index (χ0) is 41.5. The number of aliphatic carboxylic acids is 1. The van der Waals surface area contributed by atoms with Crippen molar-refractivity contribution in [3.63, 3.8) is 0 Å². The summed E-state index contributed by atoms with van der Waals surface area (Å²) in [5.41, 5.74) is 8.29. The largest absolute Gasteiger partial charge is 0.493 e. The Balaban J connectivity index is 0.973. The normalized spacial score (nSPS) is 16.8. The maximum Gasteiger partial charge on any atom is 0.303 e. The monoisotopic (exact) mass is 805 g/mol. The Hall–Kier alpha value is -7.15. The summed E-state index contributed by atoms with van der Waals surface area (Å²) < 4.78 is 24.3. The third kappa shape index (κ3) is 7.16. The molecule has 4 heterocycles. The van der Waals surface area contributed by atoms with Crippen LogP contribution in [0.15, 0.2) is 101 Å². The molecule has 5 aromatic rings. The van der Waals surface area contributed by atoms with E-state index in [1.807, 2.05) is 91.1 Å². The van der Waals surface area contributed by atoms with Gasteiger partial charge in [0, 0.05) is 74.5 Å². The average molecular weight is 806 g/mol. The highest BCUT2D eigenvalue weighted by Gasteiger charge is 2.38. The summed E-state index contributed by atoms with van der Waals surface area (Å²) in [5, 5.41) is 9.27. The van der Waals surface area contributed by atoms with Gasteiger partial charge in [0.05, 0.1) is 48.8 Å². The summed E-state index contributed by atoms with van der Waals surface area (Å²) >= 11 is 0. The smallest absolute Gasteiger partial charge is 0.303 e. The minimum atomic E-state index is -0.850. The van der Waals surface area contributed by atoms with Crippen LogP contribution in [0.25, 0.3) is 0 Å². The van der Waals surface area contributed by atoms with Gasteiger partial charge in [0.2, 0.25) is 0 Å². The molecule has 9 rings (SSSR count). The lowest BCUT2D eigenvalue weighted by Gasteiger charge is -2.23. The number of nitrogens with zero attached hydrogens (tertiary/aromatic N) is 5. The van der Waals surface area contributed by atoms with Crippen molar-refractivity contribution in [1.29, 1.82) is 0 Å². The highest BCUT2D eigenvalue weighted by atomic mass is 16.5. The van der Waals surface area contributed by atoms with Crippen LogP contribution in [0.4, 0.5) is 28.4 Å². The Morgan fingerprint density at radius 2 is 1.18 bits per heavy atom. The molecule has 304 valence electrons. The molecule has 0 aromatic heterocycles. The molecule has 13 nitrogen and oxygen atoms in total. The first-order chi connectivity index (χ1) is 29.2. The molecule has 0 spiro atoms. The van der Waals surface area contributed by atoms with E-state index >= 15 is 0 Å². The minimum absolute atomic E-state index is 0.0470. The summed E-state index contributed by atoms with van der Waals surface area (Å²) in [6.45, 7) is 0.786. The van der Waals surface area contributed by atoms with Crippen LogP contribution >= 0.6 is 0 Å². The van der Waals surface area contributed by atoms with Crippen molar-refractivity contribution >= 4 is 58.6 Å². The van der Waals surface area contributed by atoms with E-state index < -0.39 is 5.97 Å². The molecule has 13 heteroatoms. The molecule has 2 atom stereocenters. The number of methoxy groups -OCH3 is 2. The van der Waals surface area contributed by atoms with Gasteiger partial charge in [-0.15, -0.1) is 0 Å².